The molecule has 2 aromatic heterocycles. The maximum absolute atomic E-state index is 12.8. The van der Waals surface area contributed by atoms with E-state index in [1.165, 1.54) is 7.11 Å². The summed E-state index contributed by atoms with van der Waals surface area (Å²) < 4.78 is 12.9. The van der Waals surface area contributed by atoms with Crippen LogP contribution >= 0.6 is 12.2 Å². The number of nitrogens with zero attached hydrogens (tertiary/aromatic N) is 3. The van der Waals surface area contributed by atoms with Crippen LogP contribution in [0, 0.1) is 19.3 Å². The van der Waals surface area contributed by atoms with Crippen molar-refractivity contribution in [1.29, 1.82) is 0 Å². The van der Waals surface area contributed by atoms with Crippen molar-refractivity contribution in [3.8, 4) is 11.4 Å². The Morgan fingerprint density at radius 3 is 2.39 bits per heavy atom. The lowest BCUT2D eigenvalue weighted by Crippen LogP contribution is -2.30. The third kappa shape index (κ3) is 5.65. The van der Waals surface area contributed by atoms with E-state index in [9.17, 15) is 9.59 Å². The molecule has 228 valence electrons. The molecule has 3 heterocycles. The summed E-state index contributed by atoms with van der Waals surface area (Å²) in [6.07, 6.45) is 1.77. The zero-order valence-corrected chi connectivity index (χ0v) is 26.8. The van der Waals surface area contributed by atoms with Gasteiger partial charge in [0.15, 0.2) is 5.11 Å². The van der Waals surface area contributed by atoms with Gasteiger partial charge in [-0.1, -0.05) is 39.0 Å². The molecule has 2 N–H and O–H groups in total. The Hall–Kier alpha value is -4.70. The van der Waals surface area contributed by atoms with Gasteiger partial charge in [0.25, 0.3) is 0 Å². The Morgan fingerprint density at radius 2 is 1.73 bits per heavy atom. The lowest BCUT2D eigenvalue weighted by atomic mass is 9.95. The molecule has 0 unspecified atom stereocenters. The molecule has 44 heavy (non-hydrogen) atoms. The molecule has 2 atom stereocenters. The number of thiocarbonyl (C=S) groups is 1. The molecule has 0 radical (unpaired) electrons. The first kappa shape index (κ1) is 30.7. The predicted octanol–water partition coefficient (Wildman–Crippen LogP) is 6.45. The van der Waals surface area contributed by atoms with Crippen LogP contribution in [-0.2, 0) is 9.53 Å². The summed E-state index contributed by atoms with van der Waals surface area (Å²) in [4.78, 5) is 32.2. The smallest absolute Gasteiger partial charge is 0.339 e. The summed E-state index contributed by atoms with van der Waals surface area (Å²) in [6.45, 7) is 9.64. The van der Waals surface area contributed by atoms with Crippen LogP contribution in [0.4, 0.5) is 11.4 Å². The number of hydrogen-bond donors (Lipinski definition) is 2. The van der Waals surface area contributed by atoms with E-state index in [4.69, 9.17) is 21.7 Å². The fourth-order valence-corrected chi connectivity index (χ4v) is 5.95. The molecule has 1 amide bonds. The van der Waals surface area contributed by atoms with Crippen LogP contribution < -0.4 is 20.3 Å². The van der Waals surface area contributed by atoms with Gasteiger partial charge in [-0.3, -0.25) is 9.78 Å². The van der Waals surface area contributed by atoms with Crippen LogP contribution in [0.3, 0.4) is 0 Å². The molecule has 0 saturated carbocycles. The van der Waals surface area contributed by atoms with E-state index in [1.807, 2.05) is 89.2 Å². The lowest BCUT2D eigenvalue weighted by molar-refractivity contribution is -0.123. The van der Waals surface area contributed by atoms with Crippen molar-refractivity contribution >= 4 is 40.6 Å². The molecule has 0 spiro atoms. The van der Waals surface area contributed by atoms with Crippen LogP contribution in [-0.4, -0.2) is 40.8 Å². The van der Waals surface area contributed by atoms with Gasteiger partial charge >= 0.3 is 5.97 Å². The SMILES string of the molecule is COC(=O)c1ccccc1-n1c(C)cc([C@H]2[C@@H](c3ccccn3)NC(=S)N2c2ccc(NC(=O)C(C)(C)C)c(OC)c2)c1C. The largest absolute Gasteiger partial charge is 0.494 e. The van der Waals surface area contributed by atoms with Gasteiger partial charge in [0.1, 0.15) is 5.75 Å². The van der Waals surface area contributed by atoms with Gasteiger partial charge in [-0.2, -0.15) is 0 Å². The van der Waals surface area contributed by atoms with E-state index in [1.54, 1.807) is 19.4 Å². The van der Waals surface area contributed by atoms with Gasteiger partial charge in [-0.15, -0.1) is 0 Å². The number of nitrogens with one attached hydrogen (secondary N) is 2. The van der Waals surface area contributed by atoms with Crippen LogP contribution in [0.1, 0.15) is 65.9 Å². The Bertz CT molecular complexity index is 1730. The Morgan fingerprint density at radius 1 is 1.00 bits per heavy atom. The fraction of sp³-hybridized carbons (Fsp3) is 0.294. The predicted molar refractivity (Wildman–Crippen MR) is 176 cm³/mol. The van der Waals surface area contributed by atoms with Crippen molar-refractivity contribution in [2.24, 2.45) is 5.41 Å². The molecule has 1 fully saturated rings. The second-order valence-corrected chi connectivity index (χ2v) is 12.1. The fourth-order valence-electron chi connectivity index (χ4n) is 5.60. The van der Waals surface area contributed by atoms with E-state index >= 15 is 0 Å². The van der Waals surface area contributed by atoms with E-state index in [-0.39, 0.29) is 18.0 Å². The summed E-state index contributed by atoms with van der Waals surface area (Å²) in [6, 6.07) is 20.4. The van der Waals surface area contributed by atoms with Gasteiger partial charge in [-0.05, 0) is 74.1 Å². The summed E-state index contributed by atoms with van der Waals surface area (Å²) >= 11 is 5.96. The molecule has 2 aromatic carbocycles. The minimum absolute atomic E-state index is 0.116. The average molecular weight is 612 g/mol. The molecular weight excluding hydrogens is 574 g/mol. The number of benzene rings is 2. The van der Waals surface area contributed by atoms with E-state index in [0.717, 1.165) is 34.0 Å². The van der Waals surface area contributed by atoms with Crippen molar-refractivity contribution in [3.05, 3.63) is 101 Å². The number of aryl methyl sites for hydroxylation is 1. The molecule has 9 nitrogen and oxygen atoms in total. The third-order valence-corrected chi connectivity index (χ3v) is 8.14. The summed E-state index contributed by atoms with van der Waals surface area (Å²) in [7, 11) is 2.96. The number of para-hydroxylation sites is 1. The number of aromatic nitrogens is 2. The number of hydrogen-bond acceptors (Lipinski definition) is 6. The lowest BCUT2D eigenvalue weighted by Gasteiger charge is -2.29. The van der Waals surface area contributed by atoms with Crippen molar-refractivity contribution in [2.75, 3.05) is 24.4 Å². The second-order valence-electron chi connectivity index (χ2n) is 11.8. The highest BCUT2D eigenvalue weighted by molar-refractivity contribution is 7.80. The number of ether oxygens (including phenoxy) is 2. The molecule has 5 rings (SSSR count). The molecule has 1 saturated heterocycles. The highest BCUT2D eigenvalue weighted by atomic mass is 32.1. The number of carbonyl (C=O) groups is 2. The van der Waals surface area contributed by atoms with Gasteiger partial charge in [0.2, 0.25) is 5.91 Å². The molecular formula is C34H37N5O4S. The minimum atomic E-state index is -0.569. The zero-order valence-electron chi connectivity index (χ0n) is 26.0. The molecule has 0 bridgehead atoms. The molecule has 1 aliphatic rings. The molecule has 0 aliphatic carbocycles. The molecule has 1 aliphatic heterocycles. The normalized spacial score (nSPS) is 16.4. The van der Waals surface area contributed by atoms with Crippen LogP contribution in [0.25, 0.3) is 5.69 Å². The number of anilines is 2. The third-order valence-electron chi connectivity index (χ3n) is 7.83. The monoisotopic (exact) mass is 611 g/mol. The maximum Gasteiger partial charge on any atom is 0.339 e. The summed E-state index contributed by atoms with van der Waals surface area (Å²) in [5.74, 6) is -0.00724. The number of methoxy groups -OCH3 is 2. The highest BCUT2D eigenvalue weighted by Gasteiger charge is 2.42. The molecule has 4 aromatic rings. The highest BCUT2D eigenvalue weighted by Crippen LogP contribution is 2.45. The Kier molecular flexibility index (Phi) is 8.47. The standard InChI is InChI=1S/C34H37N5O4S/c1-20-18-24(21(2)38(20)27-14-9-8-12-23(27)31(40)43-7)30-29(26-13-10-11-17-35-26)37-33(44)39(30)22-15-16-25(28(19-22)42-6)36-32(41)34(3,4)5/h8-19,29-30H,1-7H3,(H,36,41)(H,37,44)/t29-,30+/m1/s1. The quantitative estimate of drug-likeness (QED) is 0.182. The number of carbonyl (C=O) groups excluding carboxylic acids is 2. The Labute approximate surface area is 263 Å². The van der Waals surface area contributed by atoms with Crippen LogP contribution in [0.5, 0.6) is 5.75 Å². The number of esters is 1. The van der Waals surface area contributed by atoms with Gasteiger partial charge < -0.3 is 29.6 Å². The minimum Gasteiger partial charge on any atom is -0.494 e. The van der Waals surface area contributed by atoms with E-state index in [2.05, 4.69) is 31.2 Å². The Balaban J connectivity index is 1.65. The van der Waals surface area contributed by atoms with Crippen LogP contribution in [0.2, 0.25) is 0 Å². The van der Waals surface area contributed by atoms with Gasteiger partial charge in [0.05, 0.1) is 48.9 Å². The first-order valence-corrected chi connectivity index (χ1v) is 14.7. The summed E-state index contributed by atoms with van der Waals surface area (Å²) in [5, 5.41) is 7.02. The number of pyridine rings is 1. The van der Waals surface area contributed by atoms with Crippen LogP contribution in [0.15, 0.2) is 72.9 Å². The maximum atomic E-state index is 12.8. The van der Waals surface area contributed by atoms with Crippen molar-refractivity contribution in [2.45, 2.75) is 46.7 Å². The molecule has 10 heteroatoms. The van der Waals surface area contributed by atoms with Crippen molar-refractivity contribution < 1.29 is 19.1 Å². The topological polar surface area (TPSA) is 97.7 Å². The average Bonchev–Trinajstić information content (AvgIpc) is 3.51. The summed E-state index contributed by atoms with van der Waals surface area (Å²) in [5.41, 5.74) is 5.74. The van der Waals surface area contributed by atoms with Crippen molar-refractivity contribution in [3.63, 3.8) is 0 Å². The van der Waals surface area contributed by atoms with E-state index < -0.39 is 11.4 Å². The first-order chi connectivity index (χ1) is 21.0. The zero-order chi connectivity index (χ0) is 31.8. The number of amides is 1. The van der Waals surface area contributed by atoms with E-state index in [0.29, 0.717) is 22.1 Å². The first-order valence-electron chi connectivity index (χ1n) is 14.3. The second kappa shape index (κ2) is 12.1. The van der Waals surface area contributed by atoms with Gasteiger partial charge in [-0.25, -0.2) is 4.79 Å². The number of rotatable bonds is 7. The van der Waals surface area contributed by atoms with Crippen molar-refractivity contribution in [1.82, 2.24) is 14.9 Å². The van der Waals surface area contributed by atoms with Gasteiger partial charge in [0, 0.05) is 34.8 Å².